The van der Waals surface area contributed by atoms with Crippen molar-refractivity contribution in [2.24, 2.45) is 0 Å². The fourth-order valence-corrected chi connectivity index (χ4v) is 3.62. The first-order chi connectivity index (χ1) is 14.8. The Morgan fingerprint density at radius 1 is 1.13 bits per heavy atom. The number of benzene rings is 2. The lowest BCUT2D eigenvalue weighted by Gasteiger charge is -2.31. The second-order valence-corrected chi connectivity index (χ2v) is 7.20. The number of rotatable bonds is 4. The molecule has 0 spiro atoms. The number of carbonyl (C=O) groups is 1. The number of fused-ring (bicyclic) bond motifs is 1. The molecular weight excluding hydrogens is 413 g/mol. The van der Waals surface area contributed by atoms with Crippen molar-refractivity contribution in [3.8, 4) is 5.75 Å². The molecule has 2 aromatic carbocycles. The number of alkyl halides is 3. The van der Waals surface area contributed by atoms with E-state index in [4.69, 9.17) is 13.9 Å². The van der Waals surface area contributed by atoms with Crippen molar-refractivity contribution in [3.05, 3.63) is 53.3 Å². The van der Waals surface area contributed by atoms with Crippen LogP contribution in [0.3, 0.4) is 0 Å². The average molecular weight is 434 g/mol. The van der Waals surface area contributed by atoms with Gasteiger partial charge in [-0.3, -0.25) is 4.79 Å². The molecule has 1 aliphatic heterocycles. The molecule has 9 heteroatoms. The summed E-state index contributed by atoms with van der Waals surface area (Å²) in [6.45, 7) is 3.66. The molecule has 0 radical (unpaired) electrons. The number of nitrogens with zero attached hydrogens (tertiary/aromatic N) is 1. The van der Waals surface area contributed by atoms with Crippen LogP contribution in [0.5, 0.6) is 5.75 Å². The van der Waals surface area contributed by atoms with Crippen LogP contribution in [0.4, 0.5) is 24.5 Å². The van der Waals surface area contributed by atoms with Gasteiger partial charge in [-0.25, -0.2) is 0 Å². The predicted octanol–water partition coefficient (Wildman–Crippen LogP) is 4.86. The Kier molecular flexibility index (Phi) is 5.53. The summed E-state index contributed by atoms with van der Waals surface area (Å²) >= 11 is 0. The van der Waals surface area contributed by atoms with Gasteiger partial charge in [0.1, 0.15) is 11.3 Å². The highest BCUT2D eigenvalue weighted by molar-refractivity contribution is 6.08. The average Bonchev–Trinajstić information content (AvgIpc) is 3.09. The minimum Gasteiger partial charge on any atom is -0.497 e. The second kappa shape index (κ2) is 8.14. The summed E-state index contributed by atoms with van der Waals surface area (Å²) in [6.07, 6.45) is -4.53. The Labute approximate surface area is 176 Å². The van der Waals surface area contributed by atoms with E-state index in [-0.39, 0.29) is 11.4 Å². The van der Waals surface area contributed by atoms with E-state index in [2.05, 4.69) is 5.32 Å². The maximum absolute atomic E-state index is 13.3. The van der Waals surface area contributed by atoms with E-state index in [0.29, 0.717) is 54.3 Å². The van der Waals surface area contributed by atoms with Crippen LogP contribution in [0.25, 0.3) is 11.0 Å². The zero-order valence-electron chi connectivity index (χ0n) is 17.0. The molecule has 6 nitrogen and oxygen atoms in total. The molecule has 1 N–H and O–H groups in total. The Hall–Kier alpha value is -3.20. The summed E-state index contributed by atoms with van der Waals surface area (Å²) in [7, 11) is 1.53. The molecule has 0 aliphatic carbocycles. The minimum absolute atomic E-state index is 0.0357. The van der Waals surface area contributed by atoms with Crippen LogP contribution in [0.15, 0.2) is 40.8 Å². The smallest absolute Gasteiger partial charge is 0.416 e. The van der Waals surface area contributed by atoms with Crippen molar-refractivity contribution in [2.75, 3.05) is 43.6 Å². The van der Waals surface area contributed by atoms with E-state index in [1.807, 2.05) is 4.90 Å². The predicted molar refractivity (Wildman–Crippen MR) is 110 cm³/mol. The van der Waals surface area contributed by atoms with Gasteiger partial charge in [-0.1, -0.05) is 0 Å². The van der Waals surface area contributed by atoms with Gasteiger partial charge < -0.3 is 24.1 Å². The van der Waals surface area contributed by atoms with E-state index < -0.39 is 17.6 Å². The maximum Gasteiger partial charge on any atom is 0.416 e. The normalized spacial score (nSPS) is 14.7. The lowest BCUT2D eigenvalue weighted by molar-refractivity contribution is -0.137. The SMILES string of the molecule is COc1ccc2oc(C(=O)Nc3cc(C(F)(F)F)ccc3N3CCOCC3)c(C)c2c1. The van der Waals surface area contributed by atoms with E-state index in [9.17, 15) is 18.0 Å². The topological polar surface area (TPSA) is 63.9 Å². The number of methoxy groups -OCH3 is 1. The van der Waals surface area contributed by atoms with Crippen molar-refractivity contribution < 1.29 is 31.9 Å². The van der Waals surface area contributed by atoms with Gasteiger partial charge in [0.25, 0.3) is 5.91 Å². The number of carbonyl (C=O) groups excluding carboxylic acids is 1. The molecule has 1 fully saturated rings. The highest BCUT2D eigenvalue weighted by Crippen LogP contribution is 2.36. The number of halogens is 3. The molecule has 1 saturated heterocycles. The molecule has 1 aliphatic rings. The molecule has 4 rings (SSSR count). The highest BCUT2D eigenvalue weighted by atomic mass is 19.4. The van der Waals surface area contributed by atoms with Crippen LogP contribution in [0.2, 0.25) is 0 Å². The molecule has 0 unspecified atom stereocenters. The maximum atomic E-state index is 13.3. The number of aryl methyl sites for hydroxylation is 1. The first-order valence-electron chi connectivity index (χ1n) is 9.70. The molecule has 3 aromatic rings. The second-order valence-electron chi connectivity index (χ2n) is 7.20. The summed E-state index contributed by atoms with van der Waals surface area (Å²) < 4.78 is 56.1. The van der Waals surface area contributed by atoms with Gasteiger partial charge in [-0.2, -0.15) is 13.2 Å². The van der Waals surface area contributed by atoms with Crippen molar-refractivity contribution in [2.45, 2.75) is 13.1 Å². The standard InChI is InChI=1S/C22H21F3N2O4/c1-13-16-12-15(29-2)4-6-19(16)31-20(13)21(28)26-17-11-14(22(23,24)25)3-5-18(17)27-7-9-30-10-8-27/h3-6,11-12H,7-10H2,1-2H3,(H,26,28). The molecule has 0 saturated carbocycles. The third kappa shape index (κ3) is 4.18. The summed E-state index contributed by atoms with van der Waals surface area (Å²) in [5.41, 5.74) is 0.789. The minimum atomic E-state index is -4.53. The molecule has 0 bridgehead atoms. The number of ether oxygens (including phenoxy) is 2. The van der Waals surface area contributed by atoms with E-state index in [1.54, 1.807) is 25.1 Å². The lowest BCUT2D eigenvalue weighted by atomic mass is 10.1. The Balaban J connectivity index is 1.71. The van der Waals surface area contributed by atoms with Crippen LogP contribution >= 0.6 is 0 Å². The van der Waals surface area contributed by atoms with Gasteiger partial charge in [0.15, 0.2) is 5.76 Å². The first kappa shape index (κ1) is 21.0. The number of nitrogens with one attached hydrogen (secondary N) is 1. The lowest BCUT2D eigenvalue weighted by Crippen LogP contribution is -2.36. The van der Waals surface area contributed by atoms with Crippen molar-refractivity contribution in [1.29, 1.82) is 0 Å². The summed E-state index contributed by atoms with van der Waals surface area (Å²) in [6, 6.07) is 8.47. The third-order valence-corrected chi connectivity index (χ3v) is 5.27. The van der Waals surface area contributed by atoms with Crippen molar-refractivity contribution in [3.63, 3.8) is 0 Å². The van der Waals surface area contributed by atoms with Gasteiger partial charge in [-0.05, 0) is 43.3 Å². The molecular formula is C22H21F3N2O4. The van der Waals surface area contributed by atoms with E-state index in [0.717, 1.165) is 12.1 Å². The number of anilines is 2. The first-order valence-corrected chi connectivity index (χ1v) is 9.70. The van der Waals surface area contributed by atoms with Crippen LogP contribution in [0, 0.1) is 6.92 Å². The van der Waals surface area contributed by atoms with Gasteiger partial charge in [-0.15, -0.1) is 0 Å². The molecule has 31 heavy (non-hydrogen) atoms. The van der Waals surface area contributed by atoms with Crippen LogP contribution in [-0.2, 0) is 10.9 Å². The van der Waals surface area contributed by atoms with Crippen LogP contribution in [-0.4, -0.2) is 39.3 Å². The van der Waals surface area contributed by atoms with Gasteiger partial charge in [0.05, 0.1) is 37.3 Å². The summed E-state index contributed by atoms with van der Waals surface area (Å²) in [5.74, 6) is 0.0194. The highest BCUT2D eigenvalue weighted by Gasteiger charge is 2.32. The largest absolute Gasteiger partial charge is 0.497 e. The molecule has 0 atom stereocenters. The van der Waals surface area contributed by atoms with Crippen molar-refractivity contribution >= 4 is 28.3 Å². The van der Waals surface area contributed by atoms with Gasteiger partial charge in [0, 0.05) is 24.0 Å². The Morgan fingerprint density at radius 3 is 2.55 bits per heavy atom. The number of hydrogen-bond acceptors (Lipinski definition) is 5. The van der Waals surface area contributed by atoms with E-state index in [1.165, 1.54) is 13.2 Å². The summed E-state index contributed by atoms with van der Waals surface area (Å²) in [4.78, 5) is 14.9. The third-order valence-electron chi connectivity index (χ3n) is 5.27. The molecule has 1 aromatic heterocycles. The Morgan fingerprint density at radius 2 is 1.87 bits per heavy atom. The number of morpholine rings is 1. The molecule has 2 heterocycles. The summed E-state index contributed by atoms with van der Waals surface area (Å²) in [5, 5.41) is 3.32. The quantitative estimate of drug-likeness (QED) is 0.636. The fourth-order valence-electron chi connectivity index (χ4n) is 3.62. The number of hydrogen-bond donors (Lipinski definition) is 1. The monoisotopic (exact) mass is 434 g/mol. The fraction of sp³-hybridized carbons (Fsp3) is 0.318. The van der Waals surface area contributed by atoms with Gasteiger partial charge >= 0.3 is 6.18 Å². The van der Waals surface area contributed by atoms with Gasteiger partial charge in [0.2, 0.25) is 0 Å². The zero-order valence-corrected chi connectivity index (χ0v) is 17.0. The van der Waals surface area contributed by atoms with Crippen molar-refractivity contribution in [1.82, 2.24) is 0 Å². The van der Waals surface area contributed by atoms with Crippen LogP contribution in [0.1, 0.15) is 21.7 Å². The number of amides is 1. The molecule has 164 valence electrons. The Bertz CT molecular complexity index is 1120. The van der Waals surface area contributed by atoms with Crippen LogP contribution < -0.4 is 15.0 Å². The van der Waals surface area contributed by atoms with E-state index >= 15 is 0 Å². The molecule has 1 amide bonds. The zero-order chi connectivity index (χ0) is 22.2. The number of furan rings is 1.